The number of hydrogen-bond donors (Lipinski definition) is 0. The van der Waals surface area contributed by atoms with E-state index in [9.17, 15) is 4.39 Å². The second-order valence-corrected chi connectivity index (χ2v) is 8.45. The zero-order valence-corrected chi connectivity index (χ0v) is 16.9. The fourth-order valence-corrected chi connectivity index (χ4v) is 4.30. The van der Waals surface area contributed by atoms with Crippen molar-refractivity contribution >= 4 is 40.7 Å². The number of aromatic nitrogens is 3. The van der Waals surface area contributed by atoms with Gasteiger partial charge < -0.3 is 0 Å². The molecule has 1 aliphatic heterocycles. The Morgan fingerprint density at radius 1 is 1.07 bits per heavy atom. The van der Waals surface area contributed by atoms with Crippen molar-refractivity contribution in [2.24, 2.45) is 5.10 Å². The van der Waals surface area contributed by atoms with Gasteiger partial charge in [-0.25, -0.2) is 4.39 Å². The summed E-state index contributed by atoms with van der Waals surface area (Å²) in [4.78, 5) is 0. The van der Waals surface area contributed by atoms with E-state index < -0.39 is 11.2 Å². The number of fused-ring (bicyclic) bond motifs is 1. The van der Waals surface area contributed by atoms with Crippen LogP contribution in [0.15, 0.2) is 52.7 Å². The Morgan fingerprint density at radius 2 is 1.81 bits per heavy atom. The molecular weight excluding hydrogens is 406 g/mol. The van der Waals surface area contributed by atoms with Gasteiger partial charge >= 0.3 is 0 Å². The molecule has 2 heterocycles. The maximum atomic E-state index is 14.0. The molecule has 0 saturated heterocycles. The van der Waals surface area contributed by atoms with Gasteiger partial charge in [-0.15, -0.1) is 10.2 Å². The summed E-state index contributed by atoms with van der Waals surface area (Å²) in [6, 6.07) is 12.8. The lowest BCUT2D eigenvalue weighted by Gasteiger charge is -2.25. The highest BCUT2D eigenvalue weighted by Crippen LogP contribution is 2.35. The third-order valence-corrected chi connectivity index (χ3v) is 6.08. The summed E-state index contributed by atoms with van der Waals surface area (Å²) in [7, 11) is 0. The zero-order valence-electron chi connectivity index (χ0n) is 14.6. The Morgan fingerprint density at radius 3 is 2.56 bits per heavy atom. The molecule has 4 nitrogen and oxygen atoms in total. The highest BCUT2D eigenvalue weighted by molar-refractivity contribution is 7.99. The highest BCUT2D eigenvalue weighted by Gasteiger charge is 2.32. The molecule has 2 aromatic carbocycles. The first-order valence-corrected chi connectivity index (χ1v) is 9.99. The molecule has 3 aromatic rings. The maximum absolute atomic E-state index is 14.0. The number of hydrogen-bond acceptors (Lipinski definition) is 4. The van der Waals surface area contributed by atoms with E-state index in [1.165, 1.54) is 23.9 Å². The monoisotopic (exact) mass is 420 g/mol. The smallest absolute Gasteiger partial charge is 0.205 e. The number of rotatable bonds is 3. The minimum atomic E-state index is -0.525. The van der Waals surface area contributed by atoms with E-state index in [-0.39, 0.29) is 5.02 Å². The molecule has 0 amide bonds. The fraction of sp³-hybridized carbons (Fsp3) is 0.211. The SMILES string of the molecule is CC(C)(c1ccccc1)c1nnc2n1N=C(c1cc(F)c(Cl)cc1Cl)CS2. The van der Waals surface area contributed by atoms with Crippen LogP contribution < -0.4 is 0 Å². The lowest BCUT2D eigenvalue weighted by molar-refractivity contribution is 0.545. The van der Waals surface area contributed by atoms with Crippen LogP contribution in [-0.2, 0) is 5.41 Å². The van der Waals surface area contributed by atoms with Gasteiger partial charge in [0.25, 0.3) is 0 Å². The van der Waals surface area contributed by atoms with E-state index in [4.69, 9.17) is 28.3 Å². The summed E-state index contributed by atoms with van der Waals surface area (Å²) < 4.78 is 15.7. The van der Waals surface area contributed by atoms with Crippen LogP contribution in [-0.4, -0.2) is 26.3 Å². The topological polar surface area (TPSA) is 43.1 Å². The van der Waals surface area contributed by atoms with Gasteiger partial charge in [-0.3, -0.25) is 0 Å². The molecule has 0 atom stereocenters. The van der Waals surface area contributed by atoms with Gasteiger partial charge in [0.1, 0.15) is 5.82 Å². The van der Waals surface area contributed by atoms with E-state index in [1.54, 1.807) is 4.68 Å². The van der Waals surface area contributed by atoms with Gasteiger partial charge in [0.2, 0.25) is 5.16 Å². The quantitative estimate of drug-likeness (QED) is 0.532. The summed E-state index contributed by atoms with van der Waals surface area (Å²) in [5.74, 6) is 0.701. The van der Waals surface area contributed by atoms with Gasteiger partial charge in [-0.05, 0) is 31.5 Å². The van der Waals surface area contributed by atoms with E-state index in [2.05, 4.69) is 24.0 Å². The van der Waals surface area contributed by atoms with Crippen LogP contribution in [0.1, 0.15) is 30.8 Å². The molecule has 4 rings (SSSR count). The molecule has 8 heteroatoms. The van der Waals surface area contributed by atoms with Gasteiger partial charge in [0.05, 0.1) is 21.2 Å². The zero-order chi connectivity index (χ0) is 19.2. The van der Waals surface area contributed by atoms with Crippen LogP contribution >= 0.6 is 35.0 Å². The molecule has 0 aliphatic carbocycles. The van der Waals surface area contributed by atoms with Gasteiger partial charge in [0, 0.05) is 11.3 Å². The Balaban J connectivity index is 1.82. The van der Waals surface area contributed by atoms with E-state index in [1.807, 2.05) is 30.3 Å². The second-order valence-electron chi connectivity index (χ2n) is 6.69. The predicted molar refractivity (Wildman–Crippen MR) is 108 cm³/mol. The average molecular weight is 421 g/mol. The number of benzene rings is 2. The van der Waals surface area contributed by atoms with Crippen molar-refractivity contribution in [1.82, 2.24) is 14.9 Å². The van der Waals surface area contributed by atoms with Crippen LogP contribution in [0.3, 0.4) is 0 Å². The van der Waals surface area contributed by atoms with Crippen molar-refractivity contribution in [3.05, 3.63) is 75.3 Å². The first kappa shape index (κ1) is 18.5. The minimum absolute atomic E-state index is 0.0105. The van der Waals surface area contributed by atoms with Crippen LogP contribution in [0.4, 0.5) is 4.39 Å². The summed E-state index contributed by atoms with van der Waals surface area (Å²) in [5.41, 5.74) is 1.86. The Bertz CT molecular complexity index is 1050. The third-order valence-electron chi connectivity index (χ3n) is 4.55. The van der Waals surface area contributed by atoms with E-state index in [0.717, 1.165) is 5.56 Å². The molecule has 0 unspecified atom stereocenters. The van der Waals surface area contributed by atoms with Crippen molar-refractivity contribution in [3.63, 3.8) is 0 Å². The molecule has 0 radical (unpaired) electrons. The van der Waals surface area contributed by atoms with Gasteiger partial charge in [0.15, 0.2) is 5.82 Å². The molecule has 0 saturated carbocycles. The van der Waals surface area contributed by atoms with Crippen LogP contribution in [0.2, 0.25) is 10.0 Å². The molecule has 138 valence electrons. The summed E-state index contributed by atoms with van der Waals surface area (Å²) in [6.07, 6.45) is 0. The van der Waals surface area contributed by atoms with Gasteiger partial charge in [-0.1, -0.05) is 65.3 Å². The number of nitrogens with zero attached hydrogens (tertiary/aromatic N) is 4. The molecular formula is C19H15Cl2FN4S. The second kappa shape index (κ2) is 6.93. The Labute approximate surface area is 170 Å². The molecule has 0 fully saturated rings. The molecule has 0 spiro atoms. The standard InChI is InChI=1S/C19H15Cl2FN4S/c1-19(2,11-6-4-3-5-7-11)17-23-24-18-26(17)25-16(10-27-18)12-8-15(22)14(21)9-13(12)20/h3-9H,10H2,1-2H3. The number of thioether (sulfide) groups is 1. The molecule has 0 N–H and O–H groups in total. The Kier molecular flexibility index (Phi) is 4.74. The molecule has 0 bridgehead atoms. The minimum Gasteiger partial charge on any atom is -0.205 e. The van der Waals surface area contributed by atoms with Crippen molar-refractivity contribution < 1.29 is 4.39 Å². The van der Waals surface area contributed by atoms with E-state index in [0.29, 0.717) is 33.0 Å². The normalized spacial score (nSPS) is 14.0. The highest BCUT2D eigenvalue weighted by atomic mass is 35.5. The molecule has 1 aromatic heterocycles. The summed E-state index contributed by atoms with van der Waals surface area (Å²) in [5, 5.41) is 14.4. The third kappa shape index (κ3) is 3.26. The fourth-order valence-electron chi connectivity index (χ4n) is 2.98. The average Bonchev–Trinajstić information content (AvgIpc) is 3.09. The van der Waals surface area contributed by atoms with Crippen LogP contribution in [0.5, 0.6) is 0 Å². The van der Waals surface area contributed by atoms with Crippen LogP contribution in [0.25, 0.3) is 0 Å². The largest absolute Gasteiger partial charge is 0.212 e. The summed E-state index contributed by atoms with van der Waals surface area (Å²) >= 11 is 13.6. The van der Waals surface area contributed by atoms with Crippen molar-refractivity contribution in [2.75, 3.05) is 5.75 Å². The maximum Gasteiger partial charge on any atom is 0.212 e. The number of halogens is 3. The molecule has 1 aliphatic rings. The van der Waals surface area contributed by atoms with E-state index >= 15 is 0 Å². The predicted octanol–water partition coefficient (Wildman–Crippen LogP) is 5.41. The first-order valence-electron chi connectivity index (χ1n) is 8.25. The lowest BCUT2D eigenvalue weighted by Crippen LogP contribution is -2.25. The lowest BCUT2D eigenvalue weighted by atomic mass is 9.84. The molecule has 27 heavy (non-hydrogen) atoms. The van der Waals surface area contributed by atoms with Crippen molar-refractivity contribution in [3.8, 4) is 0 Å². The first-order chi connectivity index (χ1) is 12.9. The van der Waals surface area contributed by atoms with Crippen molar-refractivity contribution in [2.45, 2.75) is 24.4 Å². The summed E-state index contributed by atoms with van der Waals surface area (Å²) in [6.45, 7) is 4.14. The van der Waals surface area contributed by atoms with Crippen LogP contribution in [0, 0.1) is 5.82 Å². The van der Waals surface area contributed by atoms with Gasteiger partial charge in [-0.2, -0.15) is 9.78 Å². The Hall–Kier alpha value is -1.89. The van der Waals surface area contributed by atoms with Crippen molar-refractivity contribution in [1.29, 1.82) is 0 Å².